The van der Waals surface area contributed by atoms with E-state index in [9.17, 15) is 17.2 Å². The maximum Gasteiger partial charge on any atom is 0.263 e. The summed E-state index contributed by atoms with van der Waals surface area (Å²) in [6, 6.07) is 5.62. The van der Waals surface area contributed by atoms with Crippen LogP contribution in [0.25, 0.3) is 0 Å². The van der Waals surface area contributed by atoms with Gasteiger partial charge in [0, 0.05) is 0 Å². The number of nitrogens with one attached hydrogen (secondary N) is 1. The van der Waals surface area contributed by atoms with E-state index >= 15 is 0 Å². The number of sulfonamides is 1. The second kappa shape index (κ2) is 5.61. The van der Waals surface area contributed by atoms with Crippen molar-refractivity contribution < 1.29 is 17.2 Å². The van der Waals surface area contributed by atoms with Crippen LogP contribution >= 0.6 is 15.9 Å². The maximum atomic E-state index is 13.3. The van der Waals surface area contributed by atoms with Crippen molar-refractivity contribution >= 4 is 37.3 Å². The van der Waals surface area contributed by atoms with E-state index in [0.29, 0.717) is 5.56 Å². The zero-order valence-electron chi connectivity index (χ0n) is 10.8. The topological polar surface area (TPSA) is 72.2 Å². The molecule has 4 nitrogen and oxygen atoms in total. The van der Waals surface area contributed by atoms with Crippen LogP contribution in [0.15, 0.2) is 39.7 Å². The Bertz CT molecular complexity index is 810. The largest absolute Gasteiger partial charge is 0.398 e. The number of aryl methyl sites for hydroxylation is 1. The van der Waals surface area contributed by atoms with Crippen molar-refractivity contribution in [2.24, 2.45) is 0 Å². The molecule has 0 fully saturated rings. The molecule has 0 amide bonds. The highest BCUT2D eigenvalue weighted by Gasteiger charge is 2.20. The van der Waals surface area contributed by atoms with E-state index in [1.807, 2.05) is 0 Å². The highest BCUT2D eigenvalue weighted by molar-refractivity contribution is 9.10. The zero-order chi connectivity index (χ0) is 15.8. The standard InChI is InChI=1S/C13H11BrF2N2O2S/c1-7-4-8(15)2-3-12(7)18-21(19,20)13-5-9(14)10(16)6-11(13)17/h2-6,18H,17H2,1H3. The number of halogens is 3. The van der Waals surface area contributed by atoms with Gasteiger partial charge in [0.15, 0.2) is 0 Å². The van der Waals surface area contributed by atoms with Gasteiger partial charge in [0.05, 0.1) is 15.8 Å². The van der Waals surface area contributed by atoms with Gasteiger partial charge < -0.3 is 5.73 Å². The average Bonchev–Trinajstić information content (AvgIpc) is 2.37. The van der Waals surface area contributed by atoms with E-state index in [-0.39, 0.29) is 20.7 Å². The van der Waals surface area contributed by atoms with Crippen molar-refractivity contribution in [3.63, 3.8) is 0 Å². The van der Waals surface area contributed by atoms with Crippen molar-refractivity contribution in [2.75, 3.05) is 10.5 Å². The minimum Gasteiger partial charge on any atom is -0.398 e. The molecule has 0 aliphatic carbocycles. The second-order valence-electron chi connectivity index (χ2n) is 4.37. The zero-order valence-corrected chi connectivity index (χ0v) is 13.2. The van der Waals surface area contributed by atoms with Crippen LogP contribution in [0, 0.1) is 18.6 Å². The van der Waals surface area contributed by atoms with E-state index in [1.54, 1.807) is 6.92 Å². The molecule has 0 heterocycles. The average molecular weight is 377 g/mol. The van der Waals surface area contributed by atoms with E-state index in [0.717, 1.165) is 18.2 Å². The Kier molecular flexibility index (Phi) is 4.20. The SMILES string of the molecule is Cc1cc(F)ccc1NS(=O)(=O)c1cc(Br)c(F)cc1N. The summed E-state index contributed by atoms with van der Waals surface area (Å²) in [7, 11) is -4.01. The van der Waals surface area contributed by atoms with E-state index in [1.165, 1.54) is 12.1 Å². The molecule has 0 aliphatic heterocycles. The first-order valence-electron chi connectivity index (χ1n) is 5.74. The van der Waals surface area contributed by atoms with Gasteiger partial charge in [-0.05, 0) is 58.7 Å². The predicted molar refractivity (Wildman–Crippen MR) is 80.5 cm³/mol. The lowest BCUT2D eigenvalue weighted by Crippen LogP contribution is -2.16. The number of anilines is 2. The van der Waals surface area contributed by atoms with Crippen molar-refractivity contribution in [3.8, 4) is 0 Å². The highest BCUT2D eigenvalue weighted by Crippen LogP contribution is 2.28. The second-order valence-corrected chi connectivity index (χ2v) is 6.87. The Labute approximate surface area is 129 Å². The first kappa shape index (κ1) is 15.7. The summed E-state index contributed by atoms with van der Waals surface area (Å²) in [5.74, 6) is -1.14. The summed E-state index contributed by atoms with van der Waals surface area (Å²) in [6.45, 7) is 1.56. The minimum absolute atomic E-state index is 0.0205. The van der Waals surface area contributed by atoms with Crippen molar-refractivity contribution in [1.82, 2.24) is 0 Å². The smallest absolute Gasteiger partial charge is 0.263 e. The Hall–Kier alpha value is -1.67. The number of nitrogens with two attached hydrogens (primary N) is 1. The van der Waals surface area contributed by atoms with E-state index in [4.69, 9.17) is 5.73 Å². The Balaban J connectivity index is 2.46. The summed E-state index contributed by atoms with van der Waals surface area (Å²) in [5, 5.41) is 0. The fourth-order valence-electron chi connectivity index (χ4n) is 1.72. The fraction of sp³-hybridized carbons (Fsp3) is 0.0769. The number of hydrogen-bond donors (Lipinski definition) is 2. The number of benzene rings is 2. The third kappa shape index (κ3) is 3.33. The molecule has 2 aromatic carbocycles. The van der Waals surface area contributed by atoms with E-state index in [2.05, 4.69) is 20.7 Å². The number of rotatable bonds is 3. The quantitative estimate of drug-likeness (QED) is 0.806. The molecular formula is C13H11BrF2N2O2S. The van der Waals surface area contributed by atoms with Gasteiger partial charge in [0.1, 0.15) is 16.5 Å². The lowest BCUT2D eigenvalue weighted by molar-refractivity contribution is 0.599. The molecule has 0 aliphatic rings. The lowest BCUT2D eigenvalue weighted by Gasteiger charge is -2.12. The first-order chi connectivity index (χ1) is 9.70. The molecule has 0 saturated carbocycles. The molecule has 0 unspecified atom stereocenters. The molecule has 2 rings (SSSR count). The van der Waals surface area contributed by atoms with Crippen LogP contribution in [0.1, 0.15) is 5.56 Å². The summed E-state index contributed by atoms with van der Waals surface area (Å²) >= 11 is 2.91. The highest BCUT2D eigenvalue weighted by atomic mass is 79.9. The van der Waals surface area contributed by atoms with Crippen molar-refractivity contribution in [2.45, 2.75) is 11.8 Å². The van der Waals surface area contributed by atoms with Gasteiger partial charge in [-0.15, -0.1) is 0 Å². The van der Waals surface area contributed by atoms with Crippen LogP contribution < -0.4 is 10.5 Å². The van der Waals surface area contributed by atoms with Crippen molar-refractivity contribution in [1.29, 1.82) is 0 Å². The molecular weight excluding hydrogens is 366 g/mol. The van der Waals surface area contributed by atoms with Gasteiger partial charge in [-0.25, -0.2) is 17.2 Å². The fourth-order valence-corrected chi connectivity index (χ4v) is 3.48. The van der Waals surface area contributed by atoms with Gasteiger partial charge in [-0.1, -0.05) is 0 Å². The molecule has 3 N–H and O–H groups in total. The molecule has 21 heavy (non-hydrogen) atoms. The van der Waals surface area contributed by atoms with Crippen LogP contribution in [0.3, 0.4) is 0 Å². The van der Waals surface area contributed by atoms with Gasteiger partial charge in [-0.2, -0.15) is 0 Å². The summed E-state index contributed by atoms with van der Waals surface area (Å²) in [5.41, 5.74) is 5.97. The molecule has 0 bridgehead atoms. The Morgan fingerprint density at radius 3 is 2.48 bits per heavy atom. The normalized spacial score (nSPS) is 11.4. The Morgan fingerprint density at radius 1 is 1.19 bits per heavy atom. The number of nitrogen functional groups attached to an aromatic ring is 1. The maximum absolute atomic E-state index is 13.3. The molecule has 8 heteroatoms. The van der Waals surface area contributed by atoms with Gasteiger partial charge in [-0.3, -0.25) is 4.72 Å². The molecule has 0 spiro atoms. The molecule has 0 aromatic heterocycles. The van der Waals surface area contributed by atoms with Crippen LogP contribution in [-0.2, 0) is 10.0 Å². The lowest BCUT2D eigenvalue weighted by atomic mass is 10.2. The van der Waals surface area contributed by atoms with Gasteiger partial charge in [0.25, 0.3) is 10.0 Å². The predicted octanol–water partition coefficient (Wildman–Crippen LogP) is 3.42. The monoisotopic (exact) mass is 376 g/mol. The molecule has 2 aromatic rings. The molecule has 0 radical (unpaired) electrons. The van der Waals surface area contributed by atoms with Crippen LogP contribution in [0.5, 0.6) is 0 Å². The molecule has 112 valence electrons. The van der Waals surface area contributed by atoms with Gasteiger partial charge >= 0.3 is 0 Å². The van der Waals surface area contributed by atoms with Crippen molar-refractivity contribution in [3.05, 3.63) is 52.0 Å². The van der Waals surface area contributed by atoms with Crippen LogP contribution in [0.2, 0.25) is 0 Å². The minimum atomic E-state index is -4.01. The van der Waals surface area contributed by atoms with Crippen LogP contribution in [-0.4, -0.2) is 8.42 Å². The molecule has 0 atom stereocenters. The van der Waals surface area contributed by atoms with Gasteiger partial charge in [0.2, 0.25) is 0 Å². The summed E-state index contributed by atoms with van der Waals surface area (Å²) in [6.07, 6.45) is 0. The first-order valence-corrected chi connectivity index (χ1v) is 8.02. The van der Waals surface area contributed by atoms with Crippen LogP contribution in [0.4, 0.5) is 20.2 Å². The molecule has 0 saturated heterocycles. The number of hydrogen-bond acceptors (Lipinski definition) is 3. The summed E-state index contributed by atoms with van der Waals surface area (Å²) in [4.78, 5) is -0.264. The summed E-state index contributed by atoms with van der Waals surface area (Å²) < 4.78 is 53.2. The Morgan fingerprint density at radius 2 is 1.86 bits per heavy atom. The third-order valence-corrected chi connectivity index (χ3v) is 4.80. The van der Waals surface area contributed by atoms with E-state index < -0.39 is 21.7 Å². The third-order valence-electron chi connectivity index (χ3n) is 2.78.